The smallest absolute Gasteiger partial charge is 0.0135 e. The molecule has 204 valence electrons. The molecule has 38 heavy (non-hydrogen) atoms. The summed E-state index contributed by atoms with van der Waals surface area (Å²) >= 11 is -0.851. The van der Waals surface area contributed by atoms with Crippen LogP contribution in [0.15, 0.2) is 36.4 Å². The van der Waals surface area contributed by atoms with Gasteiger partial charge in [0.15, 0.2) is 0 Å². The number of hydrogen-bond acceptors (Lipinski definition) is 4. The van der Waals surface area contributed by atoms with Crippen LogP contribution in [-0.2, 0) is 23.2 Å². The zero-order valence-electron chi connectivity index (χ0n) is 23.2. The fourth-order valence-corrected chi connectivity index (χ4v) is 14.0. The van der Waals surface area contributed by atoms with Gasteiger partial charge in [-0.25, -0.2) is 0 Å². The summed E-state index contributed by atoms with van der Waals surface area (Å²) < 4.78 is 26.9. The molecule has 2 atom stereocenters. The van der Waals surface area contributed by atoms with E-state index in [1.165, 1.54) is 22.3 Å². The first kappa shape index (κ1) is 31.8. The minimum atomic E-state index is -2.11. The van der Waals surface area contributed by atoms with E-state index in [1.807, 2.05) is 0 Å². The van der Waals surface area contributed by atoms with Crippen LogP contribution >= 0.6 is 0 Å². The van der Waals surface area contributed by atoms with Crippen molar-refractivity contribution in [2.75, 3.05) is 0 Å². The Morgan fingerprint density at radius 1 is 0.658 bits per heavy atom. The average molecular weight is 685 g/mol. The second-order valence-corrected chi connectivity index (χ2v) is 22.6. The zero-order chi connectivity index (χ0) is 25.5. The van der Waals surface area contributed by atoms with Crippen LogP contribution in [-0.4, -0.2) is 26.6 Å². The summed E-state index contributed by atoms with van der Waals surface area (Å²) in [4.78, 5) is 0. The number of rotatable bonds is 6. The standard InChI is InChI=1S/2C13H15O2Si.C2H8Si.2ClH.Zr/c2*1-3-16(4-2)14-12-9-8-10-6-5-7-11(10)13(12)15-16;1-3-2;;;/h2*5-9H,3-4H2,1-2H3;3H2,1-2H3;2*1H;/q;;;;;+2/p-2. The molecule has 2 heterocycles. The third kappa shape index (κ3) is 5.43. The minimum absolute atomic E-state index is 0. The molecule has 0 N–H and O–H groups in total. The van der Waals surface area contributed by atoms with Crippen molar-refractivity contribution in [1.82, 2.24) is 0 Å². The molecule has 0 aromatic heterocycles. The number of fused-ring (bicyclic) bond motifs is 6. The van der Waals surface area contributed by atoms with E-state index < -0.39 is 40.4 Å². The summed E-state index contributed by atoms with van der Waals surface area (Å²) in [5.41, 5.74) is 5.41. The summed E-state index contributed by atoms with van der Waals surface area (Å²) in [6, 6.07) is 12.8. The van der Waals surface area contributed by atoms with Crippen LogP contribution in [0.3, 0.4) is 0 Å². The summed E-state index contributed by atoms with van der Waals surface area (Å²) in [5, 5.41) is 0. The van der Waals surface area contributed by atoms with Gasteiger partial charge in [0.1, 0.15) is 0 Å². The molecular formula is C28H38Cl2O4Si3Zr. The fraction of sp³-hybridized carbons (Fsp3) is 0.429. The monoisotopic (exact) mass is 682 g/mol. The van der Waals surface area contributed by atoms with Crippen molar-refractivity contribution in [2.24, 2.45) is 0 Å². The molecular weight excluding hydrogens is 647 g/mol. The Morgan fingerprint density at radius 3 is 1.37 bits per heavy atom. The van der Waals surface area contributed by atoms with Gasteiger partial charge in [0.05, 0.1) is 0 Å². The van der Waals surface area contributed by atoms with Gasteiger partial charge in [-0.3, -0.25) is 0 Å². The molecule has 0 amide bonds. The molecule has 2 aliphatic carbocycles. The van der Waals surface area contributed by atoms with Gasteiger partial charge < -0.3 is 24.8 Å². The van der Waals surface area contributed by atoms with Crippen molar-refractivity contribution in [3.63, 3.8) is 0 Å². The fourth-order valence-electron chi connectivity index (χ4n) is 5.42. The predicted octanol–water partition coefficient (Wildman–Crippen LogP) is 1.37. The summed E-state index contributed by atoms with van der Waals surface area (Å²) in [6.45, 7) is 13.3. The Kier molecular flexibility index (Phi) is 10.7. The second-order valence-electron chi connectivity index (χ2n) is 9.98. The molecule has 10 heteroatoms. The van der Waals surface area contributed by atoms with E-state index in [-0.39, 0.29) is 24.8 Å². The third-order valence-corrected chi connectivity index (χ3v) is 18.5. The molecule has 2 unspecified atom stereocenters. The van der Waals surface area contributed by atoms with Crippen molar-refractivity contribution in [3.8, 4) is 23.0 Å². The van der Waals surface area contributed by atoms with Crippen LogP contribution in [0.25, 0.3) is 12.2 Å². The van der Waals surface area contributed by atoms with E-state index in [0.29, 0.717) is 16.8 Å². The van der Waals surface area contributed by atoms with E-state index in [9.17, 15) is 0 Å². The Labute approximate surface area is 256 Å². The Morgan fingerprint density at radius 2 is 1.03 bits per heavy atom. The number of benzene rings is 2. The first-order valence-electron chi connectivity index (χ1n) is 13.7. The van der Waals surface area contributed by atoms with Gasteiger partial charge in [0, 0.05) is 9.52 Å². The first-order chi connectivity index (χ1) is 17.5. The Balaban J connectivity index is 0.000000766. The van der Waals surface area contributed by atoms with E-state index in [2.05, 4.69) is 89.4 Å². The Bertz CT molecular complexity index is 1120. The normalized spacial score (nSPS) is 20.9. The van der Waals surface area contributed by atoms with Crippen molar-refractivity contribution < 1.29 is 65.8 Å². The zero-order valence-corrected chi connectivity index (χ0v) is 30.6. The molecule has 0 radical (unpaired) electrons. The predicted molar refractivity (Wildman–Crippen MR) is 153 cm³/mol. The quantitative estimate of drug-likeness (QED) is 0.432. The summed E-state index contributed by atoms with van der Waals surface area (Å²) in [7, 11) is -3.81. The minimum Gasteiger partial charge on any atom is -1.00 e. The number of allylic oxidation sites excluding steroid dienone is 2. The van der Waals surface area contributed by atoms with Gasteiger partial charge in [-0.05, 0) is 0 Å². The molecule has 0 bridgehead atoms. The van der Waals surface area contributed by atoms with Crippen LogP contribution in [0.5, 0.6) is 23.0 Å². The second kappa shape index (κ2) is 12.8. The maximum atomic E-state index is 6.55. The van der Waals surface area contributed by atoms with E-state index in [4.69, 9.17) is 17.7 Å². The van der Waals surface area contributed by atoms with Crippen molar-refractivity contribution in [3.05, 3.63) is 58.7 Å². The van der Waals surface area contributed by atoms with Gasteiger partial charge in [0.2, 0.25) is 0 Å². The maximum Gasteiger partial charge on any atom is 0.0135 e. The van der Waals surface area contributed by atoms with Crippen LogP contribution in [0.4, 0.5) is 0 Å². The molecule has 0 saturated heterocycles. The van der Waals surface area contributed by atoms with Gasteiger partial charge in [-0.1, -0.05) is 13.1 Å². The van der Waals surface area contributed by atoms with Crippen molar-refractivity contribution >= 4 is 38.8 Å². The van der Waals surface area contributed by atoms with Gasteiger partial charge in [-0.15, -0.1) is 0 Å². The van der Waals surface area contributed by atoms with Crippen molar-refractivity contribution in [2.45, 2.75) is 72.2 Å². The molecule has 6 rings (SSSR count). The van der Waals surface area contributed by atoms with Crippen molar-refractivity contribution in [1.29, 1.82) is 0 Å². The van der Waals surface area contributed by atoms with Gasteiger partial charge in [-0.2, -0.15) is 0 Å². The molecule has 2 aliphatic heterocycles. The van der Waals surface area contributed by atoms with E-state index >= 15 is 0 Å². The largest absolute Gasteiger partial charge is 1.00 e. The summed E-state index contributed by atoms with van der Waals surface area (Å²) in [6.07, 6.45) is 9.43. The number of halogens is 2. The van der Waals surface area contributed by atoms with Crippen LogP contribution < -0.4 is 42.5 Å². The molecule has 2 aromatic rings. The van der Waals surface area contributed by atoms with E-state index in [0.717, 1.165) is 47.2 Å². The SMILES string of the molecule is CC[Si]1(CC)Oc2ccc3c(c2O1)C=C[CH]3[Zr+2][CH]1C=Cc2c1ccc1c2O[Si](CC)(CC)O1.C[SiH2]C.[Cl-].[Cl-]. The molecule has 4 nitrogen and oxygen atoms in total. The van der Waals surface area contributed by atoms with E-state index in [1.54, 1.807) is 0 Å². The Hall–Kier alpha value is -0.766. The topological polar surface area (TPSA) is 36.9 Å². The van der Waals surface area contributed by atoms with Crippen LogP contribution in [0.1, 0.15) is 57.2 Å². The van der Waals surface area contributed by atoms with Crippen LogP contribution in [0.2, 0.25) is 37.3 Å². The van der Waals surface area contributed by atoms with Gasteiger partial charge >= 0.3 is 211 Å². The molecule has 2 aromatic carbocycles. The number of hydrogen-bond donors (Lipinski definition) is 0. The average Bonchev–Trinajstić information content (AvgIpc) is 3.67. The van der Waals surface area contributed by atoms with Crippen LogP contribution in [0, 0.1) is 0 Å². The third-order valence-electron chi connectivity index (χ3n) is 7.65. The molecule has 4 aliphatic rings. The molecule has 0 spiro atoms. The first-order valence-corrected chi connectivity index (χ1v) is 23.8. The van der Waals surface area contributed by atoms with Gasteiger partial charge in [0.25, 0.3) is 0 Å². The summed E-state index contributed by atoms with van der Waals surface area (Å²) in [5.74, 6) is 3.93. The molecule has 0 fully saturated rings. The molecule has 0 saturated carbocycles. The maximum absolute atomic E-state index is 6.55.